The molecule has 3 aromatic rings. The molecule has 0 aliphatic heterocycles. The number of rotatable bonds is 6. The molecule has 0 radical (unpaired) electrons. The van der Waals surface area contributed by atoms with Gasteiger partial charge in [0.1, 0.15) is 0 Å². The van der Waals surface area contributed by atoms with Crippen molar-refractivity contribution in [3.8, 4) is 11.4 Å². The zero-order chi connectivity index (χ0) is 19.4. The van der Waals surface area contributed by atoms with Crippen molar-refractivity contribution in [2.45, 2.75) is 32.5 Å². The Morgan fingerprint density at radius 3 is 2.44 bits per heavy atom. The number of carbonyl (C=O) groups is 1. The number of anilines is 1. The number of benzene rings is 2. The van der Waals surface area contributed by atoms with Crippen LogP contribution in [0.15, 0.2) is 47.6 Å². The molecule has 140 valence electrons. The number of aromatic nitrogens is 3. The molecule has 0 aliphatic rings. The normalized spacial score (nSPS) is 10.8. The second-order valence-corrected chi connectivity index (χ2v) is 8.36. The van der Waals surface area contributed by atoms with Crippen LogP contribution in [0.4, 0.5) is 5.69 Å². The summed E-state index contributed by atoms with van der Waals surface area (Å²) in [5.74, 6) is 1.07. The number of nitrogens with zero attached hydrogens (tertiary/aromatic N) is 3. The molecule has 0 fully saturated rings. The van der Waals surface area contributed by atoms with Crippen molar-refractivity contribution >= 4 is 45.9 Å². The molecule has 3 rings (SSSR count). The number of hydrogen-bond acceptors (Lipinski definition) is 4. The van der Waals surface area contributed by atoms with Crippen molar-refractivity contribution in [3.63, 3.8) is 0 Å². The van der Waals surface area contributed by atoms with E-state index in [4.69, 9.17) is 0 Å². The van der Waals surface area contributed by atoms with Crippen molar-refractivity contribution in [3.05, 3.63) is 57.2 Å². The van der Waals surface area contributed by atoms with Gasteiger partial charge in [0.05, 0.1) is 5.75 Å². The maximum atomic E-state index is 12.5. The summed E-state index contributed by atoms with van der Waals surface area (Å²) >= 11 is 3.69. The highest BCUT2D eigenvalue weighted by Gasteiger charge is 2.15. The van der Waals surface area contributed by atoms with Crippen LogP contribution in [-0.4, -0.2) is 26.4 Å². The van der Waals surface area contributed by atoms with Crippen LogP contribution in [0.3, 0.4) is 0 Å². The van der Waals surface area contributed by atoms with E-state index in [0.717, 1.165) is 39.9 Å². The Bertz CT molecular complexity index is 933. The summed E-state index contributed by atoms with van der Waals surface area (Å²) in [6.07, 6.45) is 0. The highest BCUT2D eigenvalue weighted by atomic mass is 127. The second kappa shape index (κ2) is 8.88. The molecule has 0 saturated heterocycles. The van der Waals surface area contributed by atoms with E-state index < -0.39 is 0 Å². The largest absolute Gasteiger partial charge is 0.325 e. The molecular weight excluding hydrogens is 471 g/mol. The molecule has 1 N–H and O–H groups in total. The molecule has 0 spiro atoms. The van der Waals surface area contributed by atoms with Crippen LogP contribution < -0.4 is 5.32 Å². The van der Waals surface area contributed by atoms with Gasteiger partial charge in [0.2, 0.25) is 5.91 Å². The molecule has 2 aromatic carbocycles. The third-order valence-electron chi connectivity index (χ3n) is 4.16. The van der Waals surface area contributed by atoms with E-state index in [9.17, 15) is 4.79 Å². The Balaban J connectivity index is 1.70. The SMILES string of the molecule is CCn1c(SCC(=O)Nc2c(C)cc(I)cc2C)nnc1-c1ccccc1. The van der Waals surface area contributed by atoms with Crippen LogP contribution in [0, 0.1) is 17.4 Å². The Labute approximate surface area is 177 Å². The maximum absolute atomic E-state index is 12.5. The van der Waals surface area contributed by atoms with Gasteiger partial charge in [-0.2, -0.15) is 0 Å². The predicted molar refractivity (Wildman–Crippen MR) is 119 cm³/mol. The van der Waals surface area contributed by atoms with Crippen LogP contribution in [0.5, 0.6) is 0 Å². The van der Waals surface area contributed by atoms with Crippen molar-refractivity contribution in [2.24, 2.45) is 0 Å². The van der Waals surface area contributed by atoms with Crippen LogP contribution in [0.1, 0.15) is 18.1 Å². The number of thioether (sulfide) groups is 1. The summed E-state index contributed by atoms with van der Waals surface area (Å²) in [4.78, 5) is 12.5. The molecule has 1 heterocycles. The summed E-state index contributed by atoms with van der Waals surface area (Å²) in [5, 5.41) is 12.4. The first-order valence-corrected chi connectivity index (χ1v) is 10.7. The third kappa shape index (κ3) is 4.70. The standard InChI is InChI=1S/C20H21IN4OS/c1-4-25-19(15-8-6-5-7-9-15)23-24-20(25)27-12-17(26)22-18-13(2)10-16(21)11-14(18)3/h5-11H,4,12H2,1-3H3,(H,22,26). The summed E-state index contributed by atoms with van der Waals surface area (Å²) in [7, 11) is 0. The minimum Gasteiger partial charge on any atom is -0.325 e. The number of halogens is 1. The summed E-state index contributed by atoms with van der Waals surface area (Å²) < 4.78 is 3.20. The summed E-state index contributed by atoms with van der Waals surface area (Å²) in [5.41, 5.74) is 4.05. The summed E-state index contributed by atoms with van der Waals surface area (Å²) in [6, 6.07) is 14.1. The molecule has 27 heavy (non-hydrogen) atoms. The predicted octanol–water partition coefficient (Wildman–Crippen LogP) is 4.92. The number of carbonyl (C=O) groups excluding carboxylic acids is 1. The maximum Gasteiger partial charge on any atom is 0.234 e. The molecule has 0 aliphatic carbocycles. The minimum absolute atomic E-state index is 0.0423. The highest BCUT2D eigenvalue weighted by molar-refractivity contribution is 14.1. The fraction of sp³-hybridized carbons (Fsp3) is 0.250. The number of nitrogens with one attached hydrogen (secondary N) is 1. The number of hydrogen-bond donors (Lipinski definition) is 1. The zero-order valence-corrected chi connectivity index (χ0v) is 18.5. The molecule has 0 bridgehead atoms. The lowest BCUT2D eigenvalue weighted by molar-refractivity contribution is -0.113. The van der Waals surface area contributed by atoms with E-state index in [1.54, 1.807) is 0 Å². The van der Waals surface area contributed by atoms with Gasteiger partial charge in [0.15, 0.2) is 11.0 Å². The average Bonchev–Trinajstić information content (AvgIpc) is 3.06. The van der Waals surface area contributed by atoms with E-state index in [1.165, 1.54) is 15.3 Å². The molecule has 1 aromatic heterocycles. The van der Waals surface area contributed by atoms with E-state index in [0.29, 0.717) is 0 Å². The molecule has 0 saturated carbocycles. The lowest BCUT2D eigenvalue weighted by Crippen LogP contribution is -2.16. The van der Waals surface area contributed by atoms with Crippen LogP contribution in [0.2, 0.25) is 0 Å². The van der Waals surface area contributed by atoms with Gasteiger partial charge >= 0.3 is 0 Å². The van der Waals surface area contributed by atoms with Crippen LogP contribution >= 0.6 is 34.4 Å². The van der Waals surface area contributed by atoms with Crippen LogP contribution in [-0.2, 0) is 11.3 Å². The van der Waals surface area contributed by atoms with Gasteiger partial charge in [-0.1, -0.05) is 42.1 Å². The molecule has 7 heteroatoms. The Kier molecular flexibility index (Phi) is 6.54. The van der Waals surface area contributed by atoms with Gasteiger partial charge in [-0.3, -0.25) is 4.79 Å². The molecule has 0 unspecified atom stereocenters. The van der Waals surface area contributed by atoms with Gasteiger partial charge in [0, 0.05) is 21.4 Å². The Hall–Kier alpha value is -1.87. The number of aryl methyl sites for hydroxylation is 2. The molecule has 5 nitrogen and oxygen atoms in total. The fourth-order valence-electron chi connectivity index (χ4n) is 2.89. The van der Waals surface area contributed by atoms with Gasteiger partial charge in [0.25, 0.3) is 0 Å². The van der Waals surface area contributed by atoms with Crippen molar-refractivity contribution in [1.82, 2.24) is 14.8 Å². The number of amides is 1. The lowest BCUT2D eigenvalue weighted by atomic mass is 10.1. The van der Waals surface area contributed by atoms with E-state index >= 15 is 0 Å². The highest BCUT2D eigenvalue weighted by Crippen LogP contribution is 2.26. The first-order valence-electron chi connectivity index (χ1n) is 8.67. The van der Waals surface area contributed by atoms with Gasteiger partial charge < -0.3 is 9.88 Å². The summed E-state index contributed by atoms with van der Waals surface area (Å²) in [6.45, 7) is 6.82. The first-order chi connectivity index (χ1) is 13.0. The fourth-order valence-corrected chi connectivity index (χ4v) is 4.63. The Morgan fingerprint density at radius 2 is 1.81 bits per heavy atom. The van der Waals surface area contributed by atoms with E-state index in [2.05, 4.69) is 57.2 Å². The average molecular weight is 492 g/mol. The van der Waals surface area contributed by atoms with Crippen molar-refractivity contribution in [1.29, 1.82) is 0 Å². The smallest absolute Gasteiger partial charge is 0.234 e. The van der Waals surface area contributed by atoms with Gasteiger partial charge in [-0.25, -0.2) is 0 Å². The Morgan fingerprint density at radius 1 is 1.15 bits per heavy atom. The third-order valence-corrected chi connectivity index (χ3v) is 5.75. The molecule has 0 atom stereocenters. The second-order valence-electron chi connectivity index (χ2n) is 6.17. The quantitative estimate of drug-likeness (QED) is 0.392. The topological polar surface area (TPSA) is 59.8 Å². The monoisotopic (exact) mass is 492 g/mol. The van der Waals surface area contributed by atoms with Gasteiger partial charge in [-0.05, 0) is 66.6 Å². The van der Waals surface area contributed by atoms with E-state index in [-0.39, 0.29) is 11.7 Å². The van der Waals surface area contributed by atoms with Crippen LogP contribution in [0.25, 0.3) is 11.4 Å². The molecule has 1 amide bonds. The zero-order valence-electron chi connectivity index (χ0n) is 15.5. The van der Waals surface area contributed by atoms with Gasteiger partial charge in [-0.15, -0.1) is 10.2 Å². The van der Waals surface area contributed by atoms with Crippen molar-refractivity contribution in [2.75, 3.05) is 11.1 Å². The lowest BCUT2D eigenvalue weighted by Gasteiger charge is -2.12. The molecular formula is C20H21IN4OS. The minimum atomic E-state index is -0.0423. The first kappa shape index (κ1) is 19.9. The van der Waals surface area contributed by atoms with E-state index in [1.807, 2.05) is 48.7 Å². The van der Waals surface area contributed by atoms with Crippen molar-refractivity contribution < 1.29 is 4.79 Å².